The number of hydrogen-bond donors (Lipinski definition) is 1. The van der Waals surface area contributed by atoms with Gasteiger partial charge < -0.3 is 19.2 Å². The molecule has 5 rings (SSSR count). The summed E-state index contributed by atoms with van der Waals surface area (Å²) in [6, 6.07) is 11.1. The molecule has 0 bridgehead atoms. The van der Waals surface area contributed by atoms with Crippen LogP contribution in [-0.4, -0.2) is 29.6 Å². The number of hydrogen-bond acceptors (Lipinski definition) is 6. The molecule has 1 aliphatic heterocycles. The van der Waals surface area contributed by atoms with Crippen molar-refractivity contribution in [1.29, 1.82) is 0 Å². The van der Waals surface area contributed by atoms with E-state index in [0.29, 0.717) is 22.7 Å². The zero-order valence-electron chi connectivity index (χ0n) is 17.4. The molecule has 2 amide bonds. The number of carbonyl (C=O) groups is 2. The zero-order valence-corrected chi connectivity index (χ0v) is 17.4. The van der Waals surface area contributed by atoms with Crippen molar-refractivity contribution < 1.29 is 23.5 Å². The number of aromatic nitrogens is 1. The van der Waals surface area contributed by atoms with E-state index in [1.165, 1.54) is 11.2 Å². The minimum Gasteiger partial charge on any atom is -0.459 e. The van der Waals surface area contributed by atoms with E-state index in [1.807, 2.05) is 0 Å². The van der Waals surface area contributed by atoms with Crippen LogP contribution in [0.25, 0.3) is 0 Å². The van der Waals surface area contributed by atoms with Crippen molar-refractivity contribution in [3.8, 4) is 11.5 Å². The Morgan fingerprint density at radius 1 is 1.06 bits per heavy atom. The fourth-order valence-electron chi connectivity index (χ4n) is 4.24. The van der Waals surface area contributed by atoms with Crippen LogP contribution in [0, 0.1) is 0 Å². The Morgan fingerprint density at radius 2 is 1.91 bits per heavy atom. The average Bonchev–Trinajstić information content (AvgIpc) is 3.60. The molecule has 3 aromatic rings. The summed E-state index contributed by atoms with van der Waals surface area (Å²) in [6.07, 6.45) is 8.70. The molecule has 2 aliphatic rings. The van der Waals surface area contributed by atoms with Crippen LogP contribution in [0.5, 0.6) is 11.5 Å². The highest BCUT2D eigenvalue weighted by molar-refractivity contribution is 6.08. The summed E-state index contributed by atoms with van der Waals surface area (Å²) in [5.74, 6) is 0.533. The third-order valence-electron chi connectivity index (χ3n) is 5.79. The third kappa shape index (κ3) is 3.91. The SMILES string of the molecule is O=C(NC1CCCC1)C(c1cccnc1)N(C(=O)c1ccco1)c1ccc2c(c1)OCO2. The third-order valence-corrected chi connectivity index (χ3v) is 5.79. The van der Waals surface area contributed by atoms with Crippen LogP contribution in [0.2, 0.25) is 0 Å². The van der Waals surface area contributed by atoms with Crippen LogP contribution >= 0.6 is 0 Å². The maximum absolute atomic E-state index is 13.6. The van der Waals surface area contributed by atoms with Crippen LogP contribution in [-0.2, 0) is 4.79 Å². The predicted octanol–water partition coefficient (Wildman–Crippen LogP) is 3.85. The molecule has 1 unspecified atom stereocenters. The summed E-state index contributed by atoms with van der Waals surface area (Å²) in [5.41, 5.74) is 1.09. The maximum atomic E-state index is 13.6. The van der Waals surface area contributed by atoms with Gasteiger partial charge in [-0.2, -0.15) is 0 Å². The molecule has 164 valence electrons. The van der Waals surface area contributed by atoms with Crippen LogP contribution < -0.4 is 19.7 Å². The van der Waals surface area contributed by atoms with Gasteiger partial charge in [-0.05, 0) is 43.2 Å². The van der Waals surface area contributed by atoms with Gasteiger partial charge >= 0.3 is 0 Å². The van der Waals surface area contributed by atoms with Crippen molar-refractivity contribution in [3.63, 3.8) is 0 Å². The Bertz CT molecular complexity index is 1090. The van der Waals surface area contributed by atoms with E-state index in [4.69, 9.17) is 13.9 Å². The number of rotatable bonds is 6. The second-order valence-corrected chi connectivity index (χ2v) is 7.87. The zero-order chi connectivity index (χ0) is 21.9. The topological polar surface area (TPSA) is 93.9 Å². The van der Waals surface area contributed by atoms with Gasteiger partial charge in [-0.1, -0.05) is 18.9 Å². The second kappa shape index (κ2) is 8.74. The molecule has 8 nitrogen and oxygen atoms in total. The molecular weight excluding hydrogens is 410 g/mol. The highest BCUT2D eigenvalue weighted by Gasteiger charge is 2.36. The molecular formula is C24H23N3O5. The average molecular weight is 433 g/mol. The number of furan rings is 1. The molecule has 1 saturated carbocycles. The normalized spacial score (nSPS) is 16.0. The lowest BCUT2D eigenvalue weighted by Gasteiger charge is -2.31. The first-order chi connectivity index (χ1) is 15.7. The van der Waals surface area contributed by atoms with Crippen molar-refractivity contribution in [2.75, 3.05) is 11.7 Å². The minimum absolute atomic E-state index is 0.0963. The van der Waals surface area contributed by atoms with E-state index < -0.39 is 11.9 Å². The van der Waals surface area contributed by atoms with Gasteiger partial charge in [0.15, 0.2) is 17.3 Å². The van der Waals surface area contributed by atoms with Gasteiger partial charge in [0.25, 0.3) is 5.91 Å². The fourth-order valence-corrected chi connectivity index (χ4v) is 4.24. The maximum Gasteiger partial charge on any atom is 0.294 e. The van der Waals surface area contributed by atoms with Crippen LogP contribution in [0.3, 0.4) is 0 Å². The van der Waals surface area contributed by atoms with Crippen molar-refractivity contribution in [2.45, 2.75) is 37.8 Å². The Balaban J connectivity index is 1.59. The largest absolute Gasteiger partial charge is 0.459 e. The van der Waals surface area contributed by atoms with Crippen molar-refractivity contribution in [2.24, 2.45) is 0 Å². The molecule has 0 radical (unpaired) electrons. The first-order valence-corrected chi connectivity index (χ1v) is 10.7. The van der Waals surface area contributed by atoms with E-state index in [1.54, 1.807) is 54.9 Å². The smallest absolute Gasteiger partial charge is 0.294 e. The fraction of sp³-hybridized carbons (Fsp3) is 0.292. The molecule has 0 saturated heterocycles. The van der Waals surface area contributed by atoms with Crippen molar-refractivity contribution >= 4 is 17.5 Å². The summed E-state index contributed by atoms with van der Waals surface area (Å²) in [4.78, 5) is 32.8. The van der Waals surface area contributed by atoms with Crippen LogP contribution in [0.4, 0.5) is 5.69 Å². The first-order valence-electron chi connectivity index (χ1n) is 10.7. The summed E-state index contributed by atoms with van der Waals surface area (Å²) < 4.78 is 16.3. The Hall–Kier alpha value is -3.81. The van der Waals surface area contributed by atoms with Crippen LogP contribution in [0.15, 0.2) is 65.5 Å². The van der Waals surface area contributed by atoms with Gasteiger partial charge in [-0.3, -0.25) is 19.5 Å². The van der Waals surface area contributed by atoms with Gasteiger partial charge in [0.1, 0.15) is 6.04 Å². The number of benzene rings is 1. The molecule has 1 aromatic carbocycles. The highest BCUT2D eigenvalue weighted by atomic mass is 16.7. The monoisotopic (exact) mass is 433 g/mol. The molecule has 8 heteroatoms. The van der Waals surface area contributed by atoms with Gasteiger partial charge in [0.2, 0.25) is 12.7 Å². The number of nitrogens with zero attached hydrogens (tertiary/aromatic N) is 2. The molecule has 3 heterocycles. The standard InChI is InChI=1S/C24H23N3O5/c28-23(26-17-6-1-2-7-17)22(16-5-3-11-25-14-16)27(24(29)20-8-4-12-30-20)18-9-10-19-21(13-18)32-15-31-19/h3-5,8-14,17,22H,1-2,6-7,15H2,(H,26,28). The van der Waals surface area contributed by atoms with Gasteiger partial charge in [0, 0.05) is 35.8 Å². The highest BCUT2D eigenvalue weighted by Crippen LogP contribution is 2.38. The quantitative estimate of drug-likeness (QED) is 0.635. The summed E-state index contributed by atoms with van der Waals surface area (Å²) >= 11 is 0. The van der Waals surface area contributed by atoms with Gasteiger partial charge in [-0.15, -0.1) is 0 Å². The second-order valence-electron chi connectivity index (χ2n) is 7.87. The Labute approximate surface area is 185 Å². The number of pyridine rings is 1. The van der Waals surface area contributed by atoms with Gasteiger partial charge in [0.05, 0.1) is 6.26 Å². The summed E-state index contributed by atoms with van der Waals surface area (Å²) in [6.45, 7) is 0.110. The number of carbonyl (C=O) groups excluding carboxylic acids is 2. The number of anilines is 1. The van der Waals surface area contributed by atoms with Crippen molar-refractivity contribution in [1.82, 2.24) is 10.3 Å². The van der Waals surface area contributed by atoms with Gasteiger partial charge in [-0.25, -0.2) is 0 Å². The molecule has 0 spiro atoms. The molecule has 1 fully saturated rings. The Kier molecular flexibility index (Phi) is 5.49. The molecule has 2 aromatic heterocycles. The molecule has 1 atom stereocenters. The van der Waals surface area contributed by atoms with Crippen LogP contribution in [0.1, 0.15) is 47.8 Å². The number of amides is 2. The van der Waals surface area contributed by atoms with E-state index in [0.717, 1.165) is 25.7 Å². The minimum atomic E-state index is -0.942. The van der Waals surface area contributed by atoms with Crippen molar-refractivity contribution in [3.05, 3.63) is 72.4 Å². The Morgan fingerprint density at radius 3 is 2.66 bits per heavy atom. The number of ether oxygens (including phenoxy) is 2. The van der Waals surface area contributed by atoms with E-state index in [2.05, 4.69) is 10.3 Å². The number of fused-ring (bicyclic) bond motifs is 1. The lowest BCUT2D eigenvalue weighted by atomic mass is 10.0. The van der Waals surface area contributed by atoms with E-state index >= 15 is 0 Å². The molecule has 1 aliphatic carbocycles. The first kappa shape index (κ1) is 20.1. The number of nitrogens with one attached hydrogen (secondary N) is 1. The lowest BCUT2D eigenvalue weighted by molar-refractivity contribution is -0.123. The lowest BCUT2D eigenvalue weighted by Crippen LogP contribution is -2.46. The predicted molar refractivity (Wildman–Crippen MR) is 115 cm³/mol. The summed E-state index contributed by atoms with van der Waals surface area (Å²) in [5, 5.41) is 3.13. The summed E-state index contributed by atoms with van der Waals surface area (Å²) in [7, 11) is 0. The molecule has 1 N–H and O–H groups in total. The molecule has 32 heavy (non-hydrogen) atoms. The van der Waals surface area contributed by atoms with E-state index in [-0.39, 0.29) is 24.5 Å². The van der Waals surface area contributed by atoms with E-state index in [9.17, 15) is 9.59 Å².